The van der Waals surface area contributed by atoms with Gasteiger partial charge < -0.3 is 35.4 Å². The molecule has 6 fully saturated rings. The van der Waals surface area contributed by atoms with Crippen LogP contribution in [0.3, 0.4) is 0 Å². The van der Waals surface area contributed by atoms with Gasteiger partial charge in [0.25, 0.3) is 0 Å². The molecule has 0 aromatic heterocycles. The number of likely N-dealkylation sites (N-methyl/N-ethyl adjacent to an activating group) is 1. The minimum atomic E-state index is -0.826. The molecule has 1 saturated heterocycles. The average molecular weight is 748 g/mol. The molecule has 15 atom stereocenters. The van der Waals surface area contributed by atoms with Crippen LogP contribution in [0.4, 0.5) is 0 Å². The van der Waals surface area contributed by atoms with Crippen molar-refractivity contribution in [2.24, 2.45) is 58.7 Å². The summed E-state index contributed by atoms with van der Waals surface area (Å²) in [6.45, 7) is 14.2. The predicted molar refractivity (Wildman–Crippen MR) is 209 cm³/mol. The van der Waals surface area contributed by atoms with Crippen LogP contribution in [0, 0.1) is 58.7 Å². The Morgan fingerprint density at radius 2 is 1.74 bits per heavy atom. The maximum Gasteiger partial charge on any atom is 0.240 e. The first kappa shape index (κ1) is 42.8. The van der Waals surface area contributed by atoms with E-state index in [0.29, 0.717) is 47.6 Å². The third kappa shape index (κ3) is 9.45. The summed E-state index contributed by atoms with van der Waals surface area (Å²) in [6, 6.07) is -0.172. The van der Waals surface area contributed by atoms with Gasteiger partial charge in [-0.05, 0) is 127 Å². The van der Waals surface area contributed by atoms with E-state index in [2.05, 4.69) is 83.2 Å². The van der Waals surface area contributed by atoms with Crippen LogP contribution in [0.5, 0.6) is 0 Å². The predicted octanol–water partition coefficient (Wildman–Crippen LogP) is 4.02. The molecule has 11 heteroatoms. The molecule has 1 aliphatic heterocycles. The van der Waals surface area contributed by atoms with Gasteiger partial charge in [-0.15, -0.1) is 0 Å². The van der Waals surface area contributed by atoms with Crippen LogP contribution in [0.25, 0.3) is 0 Å². The minimum absolute atomic E-state index is 0.0539. The highest BCUT2D eigenvalue weighted by Crippen LogP contribution is 2.61. The molecule has 1 heterocycles. The molecule has 2 bridgehead atoms. The molecule has 0 aromatic carbocycles. The third-order valence-corrected chi connectivity index (χ3v) is 14.9. The zero-order chi connectivity index (χ0) is 38.9. The fourth-order valence-corrected chi connectivity index (χ4v) is 11.9. The molecule has 6 aliphatic rings. The molecule has 5 aliphatic carbocycles. The smallest absolute Gasteiger partial charge is 0.240 e. The molecular formula is C42H77N5O6. The van der Waals surface area contributed by atoms with Gasteiger partial charge in [-0.1, -0.05) is 41.0 Å². The van der Waals surface area contributed by atoms with Crippen molar-refractivity contribution in [3.63, 3.8) is 0 Å². The van der Waals surface area contributed by atoms with E-state index in [4.69, 9.17) is 9.57 Å². The number of carbonyl (C=O) groups excluding carboxylic acids is 2. The highest BCUT2D eigenvalue weighted by molar-refractivity contribution is 5.83. The Morgan fingerprint density at radius 1 is 1.02 bits per heavy atom. The number of aliphatic hydroxyl groups excluding tert-OH is 2. The van der Waals surface area contributed by atoms with Crippen molar-refractivity contribution >= 4 is 11.8 Å². The molecule has 0 spiro atoms. The van der Waals surface area contributed by atoms with Crippen LogP contribution in [-0.4, -0.2) is 134 Å². The maximum absolute atomic E-state index is 14.3. The van der Waals surface area contributed by atoms with Crippen LogP contribution in [0.2, 0.25) is 0 Å². The number of hydroxylamine groups is 2. The highest BCUT2D eigenvalue weighted by Gasteiger charge is 2.58. The summed E-state index contributed by atoms with van der Waals surface area (Å²) < 4.78 is 6.42. The summed E-state index contributed by atoms with van der Waals surface area (Å²) in [6.07, 6.45) is 7.40. The summed E-state index contributed by atoms with van der Waals surface area (Å²) in [5.74, 6) is 2.27. The molecule has 2 amide bonds. The van der Waals surface area contributed by atoms with Crippen molar-refractivity contribution in [3.8, 4) is 0 Å². The van der Waals surface area contributed by atoms with Gasteiger partial charge in [0.15, 0.2) is 0 Å². The Bertz CT molecular complexity index is 1200. The first-order chi connectivity index (χ1) is 25.0. The number of carbonyl (C=O) groups is 2. The first-order valence-corrected chi connectivity index (χ1v) is 21.1. The number of hydrogen-bond acceptors (Lipinski definition) is 9. The fourth-order valence-electron chi connectivity index (χ4n) is 11.9. The zero-order valence-electron chi connectivity index (χ0n) is 35.1. The Hall–Kier alpha value is -1.34. The summed E-state index contributed by atoms with van der Waals surface area (Å²) in [7, 11) is 10.2. The van der Waals surface area contributed by atoms with Crippen LogP contribution in [0.1, 0.15) is 99.3 Å². The second-order valence-corrected chi connectivity index (χ2v) is 19.7. The molecule has 11 nitrogen and oxygen atoms in total. The summed E-state index contributed by atoms with van der Waals surface area (Å²) in [5, 5.41) is 30.1. The van der Waals surface area contributed by atoms with Gasteiger partial charge in [0, 0.05) is 56.1 Å². The number of hydrogen-bond donors (Lipinski definition) is 4. The molecule has 0 radical (unpaired) electrons. The van der Waals surface area contributed by atoms with Crippen molar-refractivity contribution in [3.05, 3.63) is 0 Å². The van der Waals surface area contributed by atoms with Crippen LogP contribution >= 0.6 is 0 Å². The number of methoxy groups -OCH3 is 1. The molecule has 4 N–H and O–H groups in total. The maximum atomic E-state index is 14.3. The number of aliphatic hydroxyl groups is 2. The third-order valence-electron chi connectivity index (χ3n) is 14.9. The molecular weight excluding hydrogens is 670 g/mol. The van der Waals surface area contributed by atoms with E-state index in [0.717, 1.165) is 57.9 Å². The van der Waals surface area contributed by atoms with E-state index in [9.17, 15) is 19.8 Å². The lowest BCUT2D eigenvalue weighted by atomic mass is 9.45. The normalized spacial score (nSPS) is 39.9. The van der Waals surface area contributed by atoms with Crippen molar-refractivity contribution in [2.75, 3.05) is 55.0 Å². The molecule has 306 valence electrons. The van der Waals surface area contributed by atoms with Crippen LogP contribution < -0.4 is 10.6 Å². The molecule has 6 unspecified atom stereocenters. The van der Waals surface area contributed by atoms with Gasteiger partial charge >= 0.3 is 0 Å². The van der Waals surface area contributed by atoms with E-state index in [-0.39, 0.29) is 54.4 Å². The minimum Gasteiger partial charge on any atom is -0.394 e. The number of amides is 2. The van der Waals surface area contributed by atoms with Crippen molar-refractivity contribution in [1.82, 2.24) is 25.5 Å². The standard InChI is InChI=1S/C42H77N5O6/c1-24(2)15-31(22-45(7)8)43-40(50)29-16-28(17-32(18-29)46(9)10)33-14-12-13-27(39(33)52-11)21-47-38(37(26(4)49)36(23-48)53-47)41(51)44-35-20-30-19-34(25(35)3)42(30,5)6/h24-39,48-49H,12-23H2,1-11H3,(H,43,50)(H,44,51)/t25-,26-,27?,28?,29?,30+,31-,32?,33?,34-,35-,36-,37+,38-,39?/m0/s1. The molecule has 0 aromatic rings. The lowest BCUT2D eigenvalue weighted by Crippen LogP contribution is -2.62. The average Bonchev–Trinajstić information content (AvgIpc) is 3.46. The van der Waals surface area contributed by atoms with Crippen molar-refractivity contribution in [1.29, 1.82) is 0 Å². The number of fused-ring (bicyclic) bond motifs is 2. The van der Waals surface area contributed by atoms with Gasteiger partial charge in [-0.3, -0.25) is 14.4 Å². The number of nitrogens with zero attached hydrogens (tertiary/aromatic N) is 3. The second-order valence-electron chi connectivity index (χ2n) is 19.7. The number of rotatable bonds is 15. The zero-order valence-corrected chi connectivity index (χ0v) is 35.1. The summed E-state index contributed by atoms with van der Waals surface area (Å²) >= 11 is 0. The van der Waals surface area contributed by atoms with Crippen LogP contribution in [0.15, 0.2) is 0 Å². The second kappa shape index (κ2) is 17.9. The Morgan fingerprint density at radius 3 is 2.30 bits per heavy atom. The van der Waals surface area contributed by atoms with Crippen molar-refractivity contribution in [2.45, 2.75) is 142 Å². The van der Waals surface area contributed by atoms with Crippen LogP contribution in [-0.2, 0) is 19.2 Å². The first-order valence-electron chi connectivity index (χ1n) is 21.1. The number of ether oxygens (including phenoxy) is 1. The Labute approximate surface area is 321 Å². The van der Waals surface area contributed by atoms with Gasteiger partial charge in [0.2, 0.25) is 11.8 Å². The Kier molecular flexibility index (Phi) is 14.4. The van der Waals surface area contributed by atoms with Gasteiger partial charge in [0.1, 0.15) is 12.1 Å². The van der Waals surface area contributed by atoms with Gasteiger partial charge in [0.05, 0.1) is 18.8 Å². The highest BCUT2D eigenvalue weighted by atomic mass is 16.7. The van der Waals surface area contributed by atoms with E-state index in [1.165, 1.54) is 6.42 Å². The van der Waals surface area contributed by atoms with E-state index in [1.807, 2.05) is 7.11 Å². The Balaban J connectivity index is 1.31. The van der Waals surface area contributed by atoms with Crippen molar-refractivity contribution < 1.29 is 29.4 Å². The molecule has 53 heavy (non-hydrogen) atoms. The van der Waals surface area contributed by atoms with E-state index in [1.54, 1.807) is 12.0 Å². The lowest BCUT2D eigenvalue weighted by molar-refractivity contribution is -0.193. The van der Waals surface area contributed by atoms with Gasteiger partial charge in [-0.2, -0.15) is 5.06 Å². The SMILES string of the molecule is COC1C(CN2O[C@@H](CO)[C@@H]([C@H](C)O)[C@H]2C(=O)N[C@H]2C[C@H]3C[C@@H]([C@@H]2C)C3(C)C)CCCC1C1CC(C(=O)N[C@@H](CC(C)C)CN(C)C)CC(N(C)C)C1. The quantitative estimate of drug-likeness (QED) is 0.197. The largest absolute Gasteiger partial charge is 0.394 e. The summed E-state index contributed by atoms with van der Waals surface area (Å²) in [4.78, 5) is 39.2. The van der Waals surface area contributed by atoms with Gasteiger partial charge in [-0.25, -0.2) is 0 Å². The monoisotopic (exact) mass is 748 g/mol. The van der Waals surface area contributed by atoms with E-state index >= 15 is 0 Å². The van der Waals surface area contributed by atoms with E-state index < -0.39 is 24.2 Å². The number of nitrogens with one attached hydrogen (secondary N) is 2. The lowest BCUT2D eigenvalue weighted by Gasteiger charge is -2.62. The molecule has 5 saturated carbocycles. The topological polar surface area (TPSA) is 127 Å². The molecule has 6 rings (SSSR count). The fraction of sp³-hybridized carbons (Fsp3) is 0.952. The summed E-state index contributed by atoms with van der Waals surface area (Å²) in [5.41, 5.74) is 0.316.